The quantitative estimate of drug-likeness (QED) is 0.299. The molecule has 0 saturated carbocycles. The molecule has 2 heterocycles. The number of nitrogens with zero attached hydrogens (tertiary/aromatic N) is 3. The fourth-order valence-corrected chi connectivity index (χ4v) is 5.79. The van der Waals surface area contributed by atoms with Gasteiger partial charge in [-0.25, -0.2) is 4.98 Å². The Morgan fingerprint density at radius 2 is 1.19 bits per heavy atom. The summed E-state index contributed by atoms with van der Waals surface area (Å²) in [6, 6.07) is 29.2. The second-order valence-corrected chi connectivity index (χ2v) is 10.9. The number of nitrogens with one attached hydrogen (secondary N) is 1. The molecule has 4 heteroatoms. The lowest BCUT2D eigenvalue weighted by atomic mass is 9.94. The van der Waals surface area contributed by atoms with Crippen molar-refractivity contribution in [1.29, 1.82) is 0 Å². The normalized spacial score (nSPS) is 16.0. The topological polar surface area (TPSA) is 35.2 Å². The van der Waals surface area contributed by atoms with Crippen molar-refractivity contribution in [2.75, 3.05) is 26.2 Å². The Balaban J connectivity index is 1.38. The van der Waals surface area contributed by atoms with Crippen LogP contribution in [0.15, 0.2) is 78.9 Å². The molecule has 1 atom stereocenters. The highest BCUT2D eigenvalue weighted by atomic mass is 15.3. The van der Waals surface area contributed by atoms with Gasteiger partial charge in [0.25, 0.3) is 0 Å². The fraction of sp³-hybridized carbons (Fsp3) is 0.364. The van der Waals surface area contributed by atoms with E-state index in [2.05, 4.69) is 128 Å². The Morgan fingerprint density at radius 1 is 0.676 bits per heavy atom. The minimum Gasteiger partial charge on any atom is -0.342 e. The second-order valence-electron chi connectivity index (χ2n) is 10.9. The molecule has 192 valence electrons. The third-order valence-electron chi connectivity index (χ3n) is 7.77. The zero-order valence-electron chi connectivity index (χ0n) is 22.9. The van der Waals surface area contributed by atoms with Gasteiger partial charge in [0.2, 0.25) is 0 Å². The number of imidazole rings is 1. The van der Waals surface area contributed by atoms with Crippen LogP contribution in [0.4, 0.5) is 0 Å². The largest absolute Gasteiger partial charge is 0.342 e. The molecule has 3 aromatic carbocycles. The van der Waals surface area contributed by atoms with Crippen LogP contribution in [0.2, 0.25) is 0 Å². The van der Waals surface area contributed by atoms with Crippen LogP contribution in [0.1, 0.15) is 59.6 Å². The summed E-state index contributed by atoms with van der Waals surface area (Å²) in [5.74, 6) is 1.44. The Labute approximate surface area is 222 Å². The molecule has 1 aliphatic rings. The van der Waals surface area contributed by atoms with Crippen LogP contribution in [0.5, 0.6) is 0 Å². The number of aryl methyl sites for hydroxylation is 3. The first-order valence-electron chi connectivity index (χ1n) is 13.6. The highest BCUT2D eigenvalue weighted by molar-refractivity contribution is 5.55. The van der Waals surface area contributed by atoms with Crippen LogP contribution < -0.4 is 0 Å². The average Bonchev–Trinajstić information content (AvgIpc) is 3.29. The summed E-state index contributed by atoms with van der Waals surface area (Å²) < 4.78 is 0. The maximum atomic E-state index is 5.13. The molecule has 1 unspecified atom stereocenters. The molecule has 0 radical (unpaired) electrons. The summed E-state index contributed by atoms with van der Waals surface area (Å²) in [5.41, 5.74) is 8.87. The fourth-order valence-electron chi connectivity index (χ4n) is 5.79. The smallest absolute Gasteiger partial charge is 0.137 e. The van der Waals surface area contributed by atoms with Gasteiger partial charge in [-0.15, -0.1) is 0 Å². The molecule has 5 rings (SSSR count). The molecule has 1 aliphatic heterocycles. The van der Waals surface area contributed by atoms with Gasteiger partial charge >= 0.3 is 0 Å². The van der Waals surface area contributed by atoms with E-state index in [1.54, 1.807) is 0 Å². The average molecular weight is 493 g/mol. The summed E-state index contributed by atoms with van der Waals surface area (Å²) in [6.45, 7) is 15.3. The molecule has 0 spiro atoms. The standard InChI is InChI=1S/C33H40N4/c1-23(2)31(30-26(5)34-33(35-30)29-9-7-6-8-10-29)36-19-21-37(22-20-36)32(27-15-11-24(3)12-16-27)28-17-13-25(4)14-18-28/h6-18,23,31-32H,19-22H2,1-5H3,(H,34,35). The first kappa shape index (κ1) is 25.4. The predicted molar refractivity (Wildman–Crippen MR) is 154 cm³/mol. The van der Waals surface area contributed by atoms with Gasteiger partial charge in [-0.2, -0.15) is 0 Å². The summed E-state index contributed by atoms with van der Waals surface area (Å²) in [7, 11) is 0. The molecular formula is C33H40N4. The minimum atomic E-state index is 0.276. The van der Waals surface area contributed by atoms with Crippen LogP contribution in [-0.2, 0) is 0 Å². The van der Waals surface area contributed by atoms with E-state index in [0.29, 0.717) is 12.0 Å². The van der Waals surface area contributed by atoms with Crippen LogP contribution in [0.3, 0.4) is 0 Å². The first-order valence-corrected chi connectivity index (χ1v) is 13.6. The zero-order chi connectivity index (χ0) is 25.9. The third-order valence-corrected chi connectivity index (χ3v) is 7.77. The van der Waals surface area contributed by atoms with Gasteiger partial charge in [0.05, 0.1) is 17.8 Å². The van der Waals surface area contributed by atoms with Gasteiger partial charge in [0, 0.05) is 37.4 Å². The molecule has 4 aromatic rings. The van der Waals surface area contributed by atoms with Crippen LogP contribution in [-0.4, -0.2) is 45.9 Å². The molecule has 0 amide bonds. The molecule has 37 heavy (non-hydrogen) atoms. The molecule has 4 nitrogen and oxygen atoms in total. The monoisotopic (exact) mass is 492 g/mol. The van der Waals surface area contributed by atoms with E-state index in [9.17, 15) is 0 Å². The zero-order valence-corrected chi connectivity index (χ0v) is 22.9. The molecule has 0 aliphatic carbocycles. The lowest BCUT2D eigenvalue weighted by molar-refractivity contribution is 0.0599. The van der Waals surface area contributed by atoms with Gasteiger partial charge in [-0.3, -0.25) is 9.80 Å². The SMILES string of the molecule is Cc1ccc(C(c2ccc(C)cc2)N2CCN(C(c3nc(-c4ccccc4)[nH]c3C)C(C)C)CC2)cc1. The summed E-state index contributed by atoms with van der Waals surface area (Å²) >= 11 is 0. The molecule has 1 aromatic heterocycles. The Hall–Kier alpha value is -3.21. The maximum absolute atomic E-state index is 5.13. The molecule has 1 fully saturated rings. The van der Waals surface area contributed by atoms with E-state index in [0.717, 1.165) is 37.6 Å². The highest BCUT2D eigenvalue weighted by Crippen LogP contribution is 2.35. The number of piperazine rings is 1. The minimum absolute atomic E-state index is 0.276. The Kier molecular flexibility index (Phi) is 7.59. The number of hydrogen-bond acceptors (Lipinski definition) is 3. The van der Waals surface area contributed by atoms with Gasteiger partial charge < -0.3 is 4.98 Å². The number of rotatable bonds is 7. The van der Waals surface area contributed by atoms with E-state index in [1.165, 1.54) is 33.6 Å². The van der Waals surface area contributed by atoms with Gasteiger partial charge in [0.15, 0.2) is 0 Å². The number of hydrogen-bond donors (Lipinski definition) is 1. The number of H-pyrrole nitrogens is 1. The van der Waals surface area contributed by atoms with Crippen molar-refractivity contribution in [3.8, 4) is 11.4 Å². The van der Waals surface area contributed by atoms with Gasteiger partial charge in [-0.1, -0.05) is 104 Å². The second kappa shape index (κ2) is 11.0. The summed E-state index contributed by atoms with van der Waals surface area (Å²) in [6.07, 6.45) is 0. The molecule has 1 N–H and O–H groups in total. The molecule has 1 saturated heterocycles. The molecular weight excluding hydrogens is 452 g/mol. The number of benzene rings is 3. The molecule has 0 bridgehead atoms. The van der Waals surface area contributed by atoms with Gasteiger partial charge in [-0.05, 0) is 37.8 Å². The van der Waals surface area contributed by atoms with E-state index in [4.69, 9.17) is 4.98 Å². The van der Waals surface area contributed by atoms with E-state index in [-0.39, 0.29) is 6.04 Å². The maximum Gasteiger partial charge on any atom is 0.137 e. The van der Waals surface area contributed by atoms with Crippen molar-refractivity contribution >= 4 is 0 Å². The van der Waals surface area contributed by atoms with Crippen LogP contribution in [0, 0.1) is 26.7 Å². The van der Waals surface area contributed by atoms with E-state index in [1.807, 2.05) is 0 Å². The summed E-state index contributed by atoms with van der Waals surface area (Å²) in [4.78, 5) is 14.0. The van der Waals surface area contributed by atoms with Crippen LogP contribution in [0.25, 0.3) is 11.4 Å². The summed E-state index contributed by atoms with van der Waals surface area (Å²) in [5, 5.41) is 0. The first-order chi connectivity index (χ1) is 17.9. The van der Waals surface area contributed by atoms with Crippen molar-refractivity contribution in [3.63, 3.8) is 0 Å². The van der Waals surface area contributed by atoms with E-state index >= 15 is 0 Å². The van der Waals surface area contributed by atoms with Crippen molar-refractivity contribution in [2.24, 2.45) is 5.92 Å². The lowest BCUT2D eigenvalue weighted by Crippen LogP contribution is -2.50. The number of aromatic nitrogens is 2. The lowest BCUT2D eigenvalue weighted by Gasteiger charge is -2.43. The van der Waals surface area contributed by atoms with Crippen molar-refractivity contribution in [1.82, 2.24) is 19.8 Å². The predicted octanol–water partition coefficient (Wildman–Crippen LogP) is 7.11. The Bertz CT molecular complexity index is 1240. The third kappa shape index (κ3) is 5.56. The van der Waals surface area contributed by atoms with E-state index < -0.39 is 0 Å². The van der Waals surface area contributed by atoms with Crippen molar-refractivity contribution in [3.05, 3.63) is 113 Å². The highest BCUT2D eigenvalue weighted by Gasteiger charge is 2.33. The van der Waals surface area contributed by atoms with Crippen LogP contribution >= 0.6 is 0 Å². The van der Waals surface area contributed by atoms with Crippen molar-refractivity contribution in [2.45, 2.75) is 46.7 Å². The van der Waals surface area contributed by atoms with Gasteiger partial charge in [0.1, 0.15) is 5.82 Å². The Morgan fingerprint density at radius 3 is 1.70 bits per heavy atom. The van der Waals surface area contributed by atoms with Crippen molar-refractivity contribution < 1.29 is 0 Å². The number of aromatic amines is 1.